The molecule has 18 heavy (non-hydrogen) atoms. The maximum absolute atomic E-state index is 12.4. The van der Waals surface area contributed by atoms with Gasteiger partial charge in [0.1, 0.15) is 10.6 Å². The highest BCUT2D eigenvalue weighted by Crippen LogP contribution is 2.29. The Bertz CT molecular complexity index is 520. The van der Waals surface area contributed by atoms with E-state index in [1.807, 2.05) is 0 Å². The minimum absolute atomic E-state index is 0.117. The summed E-state index contributed by atoms with van der Waals surface area (Å²) in [7, 11) is -1.98. The van der Waals surface area contributed by atoms with Crippen LogP contribution >= 0.6 is 0 Å². The van der Waals surface area contributed by atoms with Gasteiger partial charge >= 0.3 is 0 Å². The molecule has 1 aliphatic rings. The molecule has 2 rings (SSSR count). The van der Waals surface area contributed by atoms with Crippen molar-refractivity contribution in [2.75, 3.05) is 13.6 Å². The highest BCUT2D eigenvalue weighted by atomic mass is 32.2. The minimum atomic E-state index is -3.56. The molecule has 102 valence electrons. The van der Waals surface area contributed by atoms with Gasteiger partial charge in [0, 0.05) is 13.6 Å². The van der Waals surface area contributed by atoms with Crippen LogP contribution in [0.5, 0.6) is 0 Å². The highest BCUT2D eigenvalue weighted by molar-refractivity contribution is 7.89. The first-order valence-corrected chi connectivity index (χ1v) is 7.52. The second-order valence-electron chi connectivity index (χ2n) is 4.87. The number of aryl methyl sites for hydroxylation is 1. The fraction of sp³-hybridized carbons (Fsp3) is 0.727. The molecule has 0 saturated heterocycles. The van der Waals surface area contributed by atoms with Gasteiger partial charge in [-0.15, -0.1) is 0 Å². The number of hydrogen-bond acceptors (Lipinski definition) is 4. The molecule has 0 aliphatic heterocycles. The summed E-state index contributed by atoms with van der Waals surface area (Å²) in [5, 5.41) is 15.6. The van der Waals surface area contributed by atoms with Gasteiger partial charge in [-0.25, -0.2) is 12.7 Å². The van der Waals surface area contributed by atoms with E-state index >= 15 is 0 Å². The van der Waals surface area contributed by atoms with E-state index in [1.54, 1.807) is 14.0 Å². The van der Waals surface area contributed by atoms with Crippen molar-refractivity contribution in [2.45, 2.75) is 37.7 Å². The van der Waals surface area contributed by atoms with E-state index in [9.17, 15) is 8.42 Å². The second kappa shape index (κ2) is 4.99. The molecule has 1 fully saturated rings. The summed E-state index contributed by atoms with van der Waals surface area (Å²) in [6.45, 7) is 1.81. The zero-order valence-corrected chi connectivity index (χ0v) is 11.5. The SMILES string of the molecule is Cc1[nH]nc(CO)c1S(=O)(=O)N(C)CC1CCC1. The first-order chi connectivity index (χ1) is 8.46. The van der Waals surface area contributed by atoms with Gasteiger partial charge in [0.05, 0.1) is 12.3 Å². The van der Waals surface area contributed by atoms with Gasteiger partial charge in [0.15, 0.2) is 0 Å². The lowest BCUT2D eigenvalue weighted by atomic mass is 9.86. The molecule has 0 atom stereocenters. The van der Waals surface area contributed by atoms with Crippen molar-refractivity contribution in [1.29, 1.82) is 0 Å². The number of aromatic amines is 1. The molecule has 2 N–H and O–H groups in total. The van der Waals surface area contributed by atoms with E-state index in [4.69, 9.17) is 5.11 Å². The fourth-order valence-electron chi connectivity index (χ4n) is 2.21. The number of hydrogen-bond donors (Lipinski definition) is 2. The lowest BCUT2D eigenvalue weighted by Crippen LogP contribution is -2.34. The van der Waals surface area contributed by atoms with Crippen molar-refractivity contribution in [2.24, 2.45) is 5.92 Å². The average molecular weight is 273 g/mol. The Labute approximate surface area is 107 Å². The Balaban J connectivity index is 2.25. The van der Waals surface area contributed by atoms with E-state index in [0.29, 0.717) is 18.2 Å². The summed E-state index contributed by atoms with van der Waals surface area (Å²) < 4.78 is 26.2. The largest absolute Gasteiger partial charge is 0.390 e. The van der Waals surface area contributed by atoms with Crippen molar-refractivity contribution in [3.05, 3.63) is 11.4 Å². The van der Waals surface area contributed by atoms with Crippen LogP contribution in [0.15, 0.2) is 4.90 Å². The summed E-state index contributed by atoms with van der Waals surface area (Å²) in [5.74, 6) is 0.467. The predicted octanol–water partition coefficient (Wildman–Crippen LogP) is 0.631. The van der Waals surface area contributed by atoms with Gasteiger partial charge in [0.25, 0.3) is 0 Å². The molecule has 1 heterocycles. The van der Waals surface area contributed by atoms with Crippen LogP contribution in [0.2, 0.25) is 0 Å². The molecular weight excluding hydrogens is 254 g/mol. The molecule has 1 aromatic heterocycles. The summed E-state index contributed by atoms with van der Waals surface area (Å²) in [5.41, 5.74) is 0.660. The molecule has 1 aromatic rings. The quantitative estimate of drug-likeness (QED) is 0.824. The number of H-pyrrole nitrogens is 1. The Morgan fingerprint density at radius 3 is 2.67 bits per heavy atom. The summed E-state index contributed by atoms with van der Waals surface area (Å²) in [6, 6.07) is 0. The van der Waals surface area contributed by atoms with Crippen LogP contribution in [0.4, 0.5) is 0 Å². The van der Waals surface area contributed by atoms with E-state index < -0.39 is 10.0 Å². The summed E-state index contributed by atoms with van der Waals surface area (Å²) >= 11 is 0. The van der Waals surface area contributed by atoms with Crippen molar-refractivity contribution < 1.29 is 13.5 Å². The topological polar surface area (TPSA) is 86.3 Å². The van der Waals surface area contributed by atoms with E-state index in [1.165, 1.54) is 10.7 Å². The van der Waals surface area contributed by atoms with Crippen LogP contribution in [0.3, 0.4) is 0 Å². The molecule has 0 bridgehead atoms. The molecule has 1 saturated carbocycles. The lowest BCUT2D eigenvalue weighted by molar-refractivity contribution is 0.260. The smallest absolute Gasteiger partial charge is 0.246 e. The monoisotopic (exact) mass is 273 g/mol. The zero-order chi connectivity index (χ0) is 13.3. The van der Waals surface area contributed by atoms with Gasteiger partial charge in [0.2, 0.25) is 10.0 Å². The Morgan fingerprint density at radius 1 is 1.50 bits per heavy atom. The van der Waals surface area contributed by atoms with Crippen LogP contribution in [0.1, 0.15) is 30.7 Å². The molecule has 6 nitrogen and oxygen atoms in total. The van der Waals surface area contributed by atoms with E-state index in [0.717, 1.165) is 12.8 Å². The maximum atomic E-state index is 12.4. The number of aliphatic hydroxyl groups excluding tert-OH is 1. The molecule has 7 heteroatoms. The number of aromatic nitrogens is 2. The number of sulfonamides is 1. The van der Waals surface area contributed by atoms with Crippen molar-refractivity contribution in [3.63, 3.8) is 0 Å². The third-order valence-electron chi connectivity index (χ3n) is 3.52. The first kappa shape index (κ1) is 13.5. The molecular formula is C11H19N3O3S. The van der Waals surface area contributed by atoms with Gasteiger partial charge in [-0.2, -0.15) is 5.10 Å². The predicted molar refractivity (Wildman–Crippen MR) is 66.4 cm³/mol. The third-order valence-corrected chi connectivity index (χ3v) is 5.55. The average Bonchev–Trinajstić information content (AvgIpc) is 2.64. The van der Waals surface area contributed by atoms with Gasteiger partial charge < -0.3 is 5.11 Å². The van der Waals surface area contributed by atoms with Gasteiger partial charge in [-0.3, -0.25) is 5.10 Å². The fourth-order valence-corrected chi connectivity index (χ4v) is 3.77. The Kier molecular flexibility index (Phi) is 3.74. The van der Waals surface area contributed by atoms with Gasteiger partial charge in [-0.05, 0) is 25.7 Å². The van der Waals surface area contributed by atoms with Crippen LogP contribution < -0.4 is 0 Å². The van der Waals surface area contributed by atoms with Crippen molar-refractivity contribution in [3.8, 4) is 0 Å². The summed E-state index contributed by atoms with van der Waals surface area (Å²) in [6.07, 6.45) is 3.37. The molecule has 1 aliphatic carbocycles. The number of rotatable bonds is 5. The molecule has 0 aromatic carbocycles. The zero-order valence-electron chi connectivity index (χ0n) is 10.7. The van der Waals surface area contributed by atoms with Crippen LogP contribution in [0, 0.1) is 12.8 Å². The minimum Gasteiger partial charge on any atom is -0.390 e. The normalized spacial score (nSPS) is 17.1. The standard InChI is InChI=1S/C11H19N3O3S/c1-8-11(10(7-15)13-12-8)18(16,17)14(2)6-9-4-3-5-9/h9,15H,3-7H2,1-2H3,(H,12,13). The molecule has 0 spiro atoms. The Morgan fingerprint density at radius 2 is 2.17 bits per heavy atom. The van der Waals surface area contributed by atoms with Crippen LogP contribution in [-0.4, -0.2) is 41.6 Å². The first-order valence-electron chi connectivity index (χ1n) is 6.08. The number of aliphatic hydroxyl groups is 1. The van der Waals surface area contributed by atoms with Gasteiger partial charge in [-0.1, -0.05) is 6.42 Å². The summed E-state index contributed by atoms with van der Waals surface area (Å²) in [4.78, 5) is 0.117. The van der Waals surface area contributed by atoms with Crippen LogP contribution in [0.25, 0.3) is 0 Å². The van der Waals surface area contributed by atoms with Crippen LogP contribution in [-0.2, 0) is 16.6 Å². The van der Waals surface area contributed by atoms with E-state index in [-0.39, 0.29) is 17.2 Å². The number of nitrogens with one attached hydrogen (secondary N) is 1. The number of nitrogens with zero attached hydrogens (tertiary/aromatic N) is 2. The molecule has 0 radical (unpaired) electrons. The maximum Gasteiger partial charge on any atom is 0.246 e. The lowest BCUT2D eigenvalue weighted by Gasteiger charge is -2.29. The Hall–Kier alpha value is -0.920. The van der Waals surface area contributed by atoms with Crippen molar-refractivity contribution >= 4 is 10.0 Å². The highest BCUT2D eigenvalue weighted by Gasteiger charge is 2.31. The molecule has 0 amide bonds. The third kappa shape index (κ3) is 2.30. The second-order valence-corrected chi connectivity index (χ2v) is 6.85. The van der Waals surface area contributed by atoms with E-state index in [2.05, 4.69) is 10.2 Å². The van der Waals surface area contributed by atoms with Crippen molar-refractivity contribution in [1.82, 2.24) is 14.5 Å². The molecule has 0 unspecified atom stereocenters.